The first-order valence-electron chi connectivity index (χ1n) is 6.12. The van der Waals surface area contributed by atoms with Crippen LogP contribution in [-0.2, 0) is 6.54 Å². The maximum absolute atomic E-state index is 4.40. The summed E-state index contributed by atoms with van der Waals surface area (Å²) in [5.41, 5.74) is 2.52. The molecule has 0 aromatic carbocycles. The van der Waals surface area contributed by atoms with Crippen LogP contribution in [0.2, 0.25) is 0 Å². The summed E-state index contributed by atoms with van der Waals surface area (Å²) < 4.78 is 3.30. The Morgan fingerprint density at radius 2 is 2.33 bits per heavy atom. The zero-order chi connectivity index (χ0) is 13.1. The fraction of sp³-hybridized carbons (Fsp3) is 0.462. The molecule has 0 saturated carbocycles. The number of rotatable bonds is 5. The summed E-state index contributed by atoms with van der Waals surface area (Å²) in [5.74, 6) is 0. The first-order chi connectivity index (χ1) is 8.67. The third-order valence-electron chi connectivity index (χ3n) is 2.93. The van der Waals surface area contributed by atoms with Gasteiger partial charge in [-0.3, -0.25) is 4.68 Å². The molecule has 0 bridgehead atoms. The van der Waals surface area contributed by atoms with Crippen LogP contribution >= 0.6 is 27.3 Å². The van der Waals surface area contributed by atoms with E-state index in [1.54, 1.807) is 11.3 Å². The first kappa shape index (κ1) is 13.8. The Balaban J connectivity index is 2.35. The predicted molar refractivity (Wildman–Crippen MR) is 80.2 cm³/mol. The Bertz CT molecular complexity index is 499. The van der Waals surface area contributed by atoms with Crippen molar-refractivity contribution in [3.05, 3.63) is 38.3 Å². The van der Waals surface area contributed by atoms with Crippen LogP contribution in [0.5, 0.6) is 0 Å². The van der Waals surface area contributed by atoms with Crippen molar-refractivity contribution in [2.24, 2.45) is 0 Å². The lowest BCUT2D eigenvalue weighted by Gasteiger charge is -2.16. The number of thiophene rings is 1. The highest BCUT2D eigenvalue weighted by Gasteiger charge is 2.19. The van der Waals surface area contributed by atoms with Crippen molar-refractivity contribution in [2.45, 2.75) is 32.9 Å². The van der Waals surface area contributed by atoms with E-state index >= 15 is 0 Å². The van der Waals surface area contributed by atoms with Crippen LogP contribution in [0.3, 0.4) is 0 Å². The van der Waals surface area contributed by atoms with Crippen LogP contribution in [0, 0.1) is 6.92 Å². The Morgan fingerprint density at radius 1 is 1.56 bits per heavy atom. The third kappa shape index (κ3) is 2.68. The lowest BCUT2D eigenvalue weighted by atomic mass is 10.1. The van der Waals surface area contributed by atoms with Crippen LogP contribution in [0.4, 0.5) is 0 Å². The summed E-state index contributed by atoms with van der Waals surface area (Å²) in [4.78, 5) is 1.32. The molecule has 0 saturated heterocycles. The number of aryl methyl sites for hydroxylation is 2. The fourth-order valence-corrected chi connectivity index (χ4v) is 3.74. The maximum Gasteiger partial charge on any atom is 0.0839 e. The van der Waals surface area contributed by atoms with Crippen molar-refractivity contribution in [1.29, 1.82) is 0 Å². The summed E-state index contributed by atoms with van der Waals surface area (Å²) in [6.45, 7) is 5.26. The number of nitrogens with one attached hydrogen (secondary N) is 1. The number of nitrogens with zero attached hydrogens (tertiary/aromatic N) is 2. The van der Waals surface area contributed by atoms with E-state index in [-0.39, 0.29) is 6.04 Å². The van der Waals surface area contributed by atoms with Gasteiger partial charge in [-0.05, 0) is 54.0 Å². The van der Waals surface area contributed by atoms with Crippen LogP contribution < -0.4 is 5.32 Å². The van der Waals surface area contributed by atoms with Gasteiger partial charge in [-0.1, -0.05) is 6.92 Å². The van der Waals surface area contributed by atoms with E-state index in [0.29, 0.717) is 0 Å². The van der Waals surface area contributed by atoms with Gasteiger partial charge in [0.2, 0.25) is 0 Å². The molecule has 0 aliphatic carbocycles. The lowest BCUT2D eigenvalue weighted by molar-refractivity contribution is 0.537. The van der Waals surface area contributed by atoms with Crippen LogP contribution in [0.25, 0.3) is 0 Å². The van der Waals surface area contributed by atoms with Crippen molar-refractivity contribution in [3.63, 3.8) is 0 Å². The van der Waals surface area contributed by atoms with Gasteiger partial charge in [0.25, 0.3) is 0 Å². The van der Waals surface area contributed by atoms with Crippen molar-refractivity contribution in [3.8, 4) is 0 Å². The summed E-state index contributed by atoms with van der Waals surface area (Å²) in [7, 11) is 2.00. The minimum Gasteiger partial charge on any atom is -0.307 e. The summed E-state index contributed by atoms with van der Waals surface area (Å²) in [6.07, 6.45) is 2.98. The fourth-order valence-electron chi connectivity index (χ4n) is 2.05. The molecule has 2 heterocycles. The van der Waals surface area contributed by atoms with E-state index in [4.69, 9.17) is 0 Å². The topological polar surface area (TPSA) is 29.9 Å². The smallest absolute Gasteiger partial charge is 0.0839 e. The molecule has 1 atom stereocenters. The molecule has 1 unspecified atom stereocenters. The summed E-state index contributed by atoms with van der Waals surface area (Å²) in [5, 5.41) is 7.79. The van der Waals surface area contributed by atoms with E-state index in [2.05, 4.69) is 57.0 Å². The molecule has 3 nitrogen and oxygen atoms in total. The number of hydrogen-bond acceptors (Lipinski definition) is 3. The normalized spacial score (nSPS) is 12.9. The zero-order valence-corrected chi connectivity index (χ0v) is 13.3. The van der Waals surface area contributed by atoms with Crippen LogP contribution in [0.1, 0.15) is 35.5 Å². The monoisotopic (exact) mass is 327 g/mol. The summed E-state index contributed by atoms with van der Waals surface area (Å²) >= 11 is 5.38. The largest absolute Gasteiger partial charge is 0.307 e. The average Bonchev–Trinajstić information content (AvgIpc) is 2.90. The third-order valence-corrected chi connectivity index (χ3v) is 5.13. The molecule has 0 amide bonds. The Labute approximate surface area is 120 Å². The molecule has 0 radical (unpaired) electrons. The quantitative estimate of drug-likeness (QED) is 0.906. The van der Waals surface area contributed by atoms with Gasteiger partial charge < -0.3 is 5.32 Å². The number of hydrogen-bond donors (Lipinski definition) is 1. The highest BCUT2D eigenvalue weighted by molar-refractivity contribution is 9.11. The minimum absolute atomic E-state index is 0.217. The van der Waals surface area contributed by atoms with Gasteiger partial charge >= 0.3 is 0 Å². The van der Waals surface area contributed by atoms with Crippen molar-refractivity contribution in [1.82, 2.24) is 15.1 Å². The molecule has 2 rings (SSSR count). The molecule has 0 fully saturated rings. The van der Waals surface area contributed by atoms with E-state index in [9.17, 15) is 0 Å². The Kier molecular flexibility index (Phi) is 4.59. The molecular weight excluding hydrogens is 310 g/mol. The molecule has 2 aromatic heterocycles. The van der Waals surface area contributed by atoms with Gasteiger partial charge in [-0.15, -0.1) is 11.3 Å². The van der Waals surface area contributed by atoms with Gasteiger partial charge in [0.05, 0.1) is 15.5 Å². The maximum atomic E-state index is 4.40. The van der Waals surface area contributed by atoms with Gasteiger partial charge in [0.1, 0.15) is 0 Å². The lowest BCUT2D eigenvalue weighted by Crippen LogP contribution is -2.20. The first-order valence-corrected chi connectivity index (χ1v) is 7.73. The number of halogens is 1. The van der Waals surface area contributed by atoms with E-state index in [1.807, 2.05) is 13.2 Å². The van der Waals surface area contributed by atoms with Gasteiger partial charge in [0, 0.05) is 17.6 Å². The molecular formula is C13H18BrN3S. The molecule has 0 spiro atoms. The van der Waals surface area contributed by atoms with E-state index in [0.717, 1.165) is 13.0 Å². The van der Waals surface area contributed by atoms with E-state index < -0.39 is 0 Å². The van der Waals surface area contributed by atoms with Crippen molar-refractivity contribution >= 4 is 27.3 Å². The highest BCUT2D eigenvalue weighted by Crippen LogP contribution is 2.34. The van der Waals surface area contributed by atoms with Crippen molar-refractivity contribution < 1.29 is 0 Å². The second kappa shape index (κ2) is 5.99. The second-order valence-corrected chi connectivity index (χ2v) is 6.71. The Morgan fingerprint density at radius 3 is 2.89 bits per heavy atom. The van der Waals surface area contributed by atoms with Crippen LogP contribution in [-0.4, -0.2) is 16.8 Å². The molecule has 0 aliphatic heterocycles. The zero-order valence-electron chi connectivity index (χ0n) is 10.9. The van der Waals surface area contributed by atoms with Gasteiger partial charge in [0.15, 0.2) is 0 Å². The van der Waals surface area contributed by atoms with Gasteiger partial charge in [-0.25, -0.2) is 0 Å². The van der Waals surface area contributed by atoms with E-state index in [1.165, 1.54) is 19.9 Å². The molecule has 18 heavy (non-hydrogen) atoms. The highest BCUT2D eigenvalue weighted by atomic mass is 79.9. The predicted octanol–water partition coefficient (Wildman–Crippen LogP) is 3.73. The van der Waals surface area contributed by atoms with Crippen molar-refractivity contribution in [2.75, 3.05) is 7.05 Å². The summed E-state index contributed by atoms with van der Waals surface area (Å²) in [6, 6.07) is 4.55. The second-order valence-electron chi connectivity index (χ2n) is 4.31. The Hall–Kier alpha value is -0.650. The molecule has 1 N–H and O–H groups in total. The standard InChI is InChI=1S/C13H18BrN3S/c1-4-7-17-10(5-6-16-17)12(15-3)11-8-9(2)13(14)18-11/h5-6,8,12,15H,4,7H2,1-3H3. The molecule has 5 heteroatoms. The molecule has 2 aromatic rings. The minimum atomic E-state index is 0.217. The number of aromatic nitrogens is 2. The average molecular weight is 328 g/mol. The van der Waals surface area contributed by atoms with Crippen LogP contribution in [0.15, 0.2) is 22.1 Å². The SMILES string of the molecule is CCCn1nccc1C(NC)c1cc(C)c(Br)s1. The van der Waals surface area contributed by atoms with Gasteiger partial charge in [-0.2, -0.15) is 5.10 Å². The molecule has 98 valence electrons. The molecule has 0 aliphatic rings.